The Balaban J connectivity index is 1.49. The largest absolute Gasteiger partial charge is 0.461 e. The highest BCUT2D eigenvalue weighted by molar-refractivity contribution is 7.99. The van der Waals surface area contributed by atoms with Crippen LogP contribution >= 0.6 is 11.8 Å². The first kappa shape index (κ1) is 20.7. The number of aromatic nitrogens is 3. The topological polar surface area (TPSA) is 64.2 Å². The predicted octanol–water partition coefficient (Wildman–Crippen LogP) is 5.18. The van der Waals surface area contributed by atoms with Crippen molar-refractivity contribution in [2.75, 3.05) is 12.3 Å². The van der Waals surface area contributed by atoms with E-state index in [9.17, 15) is 4.79 Å². The van der Waals surface area contributed by atoms with E-state index in [-0.39, 0.29) is 5.91 Å². The van der Waals surface area contributed by atoms with Gasteiger partial charge in [0.2, 0.25) is 11.7 Å². The lowest BCUT2D eigenvalue weighted by Gasteiger charge is -2.25. The van der Waals surface area contributed by atoms with Crippen molar-refractivity contribution in [1.29, 1.82) is 0 Å². The van der Waals surface area contributed by atoms with Crippen LogP contribution in [-0.4, -0.2) is 37.9 Å². The molecule has 0 atom stereocenters. The lowest BCUT2D eigenvalue weighted by atomic mass is 9.95. The summed E-state index contributed by atoms with van der Waals surface area (Å²) in [6.45, 7) is 3.33. The molecule has 1 aliphatic carbocycles. The summed E-state index contributed by atoms with van der Waals surface area (Å²) in [6.07, 6.45) is 7.59. The minimum Gasteiger partial charge on any atom is -0.461 e. The summed E-state index contributed by atoms with van der Waals surface area (Å²) < 4.78 is 7.80. The average Bonchev–Trinajstić information content (AvgIpc) is 3.47. The summed E-state index contributed by atoms with van der Waals surface area (Å²) in [5.41, 5.74) is 1.14. The fourth-order valence-corrected chi connectivity index (χ4v) is 4.92. The van der Waals surface area contributed by atoms with E-state index in [1.165, 1.54) is 31.0 Å². The Kier molecular flexibility index (Phi) is 6.89. The summed E-state index contributed by atoms with van der Waals surface area (Å²) in [7, 11) is 0. The molecule has 1 saturated carbocycles. The number of hydrogen-bond acceptors (Lipinski definition) is 5. The van der Waals surface area contributed by atoms with E-state index < -0.39 is 0 Å². The third-order valence-corrected chi connectivity index (χ3v) is 6.55. The smallest absolute Gasteiger partial charge is 0.233 e. The van der Waals surface area contributed by atoms with Gasteiger partial charge in [0.1, 0.15) is 0 Å². The van der Waals surface area contributed by atoms with E-state index in [1.807, 2.05) is 42.2 Å². The molecule has 1 aromatic carbocycles. The molecule has 1 aliphatic rings. The van der Waals surface area contributed by atoms with E-state index in [2.05, 4.69) is 26.9 Å². The van der Waals surface area contributed by atoms with Crippen LogP contribution in [0.1, 0.15) is 50.6 Å². The van der Waals surface area contributed by atoms with Crippen molar-refractivity contribution in [1.82, 2.24) is 19.7 Å². The van der Waals surface area contributed by atoms with Crippen LogP contribution in [0.15, 0.2) is 58.3 Å². The van der Waals surface area contributed by atoms with Gasteiger partial charge in [-0.15, -0.1) is 10.2 Å². The van der Waals surface area contributed by atoms with Crippen LogP contribution in [-0.2, 0) is 11.3 Å². The third kappa shape index (κ3) is 4.78. The Morgan fingerprint density at radius 2 is 1.93 bits per heavy atom. The maximum Gasteiger partial charge on any atom is 0.233 e. The normalized spacial score (nSPS) is 14.7. The highest BCUT2D eigenvalue weighted by atomic mass is 32.2. The first-order chi connectivity index (χ1) is 14.8. The molecular weight excluding hydrogens is 396 g/mol. The SMILES string of the molecule is CCN(Cc1ccccc1)C(=O)CSc1nnc(-c2ccco2)n1C1CCCCC1. The molecule has 0 aliphatic heterocycles. The van der Waals surface area contributed by atoms with E-state index >= 15 is 0 Å². The van der Waals surface area contributed by atoms with Gasteiger partial charge in [0.05, 0.1) is 12.0 Å². The Morgan fingerprint density at radius 1 is 1.13 bits per heavy atom. The van der Waals surface area contributed by atoms with Crippen LogP contribution in [0.4, 0.5) is 0 Å². The van der Waals surface area contributed by atoms with Crippen molar-refractivity contribution in [3.8, 4) is 11.6 Å². The van der Waals surface area contributed by atoms with Crippen molar-refractivity contribution in [2.45, 2.75) is 56.8 Å². The van der Waals surface area contributed by atoms with Crippen LogP contribution in [0.2, 0.25) is 0 Å². The summed E-state index contributed by atoms with van der Waals surface area (Å²) >= 11 is 1.48. The minimum absolute atomic E-state index is 0.115. The summed E-state index contributed by atoms with van der Waals surface area (Å²) in [5.74, 6) is 1.96. The van der Waals surface area contributed by atoms with Crippen molar-refractivity contribution < 1.29 is 9.21 Å². The van der Waals surface area contributed by atoms with Gasteiger partial charge in [-0.25, -0.2) is 0 Å². The Hall–Kier alpha value is -2.54. The van der Waals surface area contributed by atoms with Crippen molar-refractivity contribution in [3.05, 3.63) is 54.3 Å². The highest BCUT2D eigenvalue weighted by Crippen LogP contribution is 2.35. The van der Waals surface area contributed by atoms with Gasteiger partial charge in [-0.05, 0) is 37.5 Å². The number of furan rings is 1. The molecule has 0 N–H and O–H groups in total. The second-order valence-corrected chi connectivity index (χ2v) is 8.57. The molecule has 0 radical (unpaired) electrons. The molecule has 30 heavy (non-hydrogen) atoms. The molecule has 4 rings (SSSR count). The molecule has 0 bridgehead atoms. The monoisotopic (exact) mass is 424 g/mol. The number of hydrogen-bond donors (Lipinski definition) is 0. The Labute approximate surface area is 181 Å². The van der Waals surface area contributed by atoms with Gasteiger partial charge in [-0.2, -0.15) is 0 Å². The first-order valence-corrected chi connectivity index (χ1v) is 11.7. The number of carbonyl (C=O) groups excluding carboxylic acids is 1. The summed E-state index contributed by atoms with van der Waals surface area (Å²) in [6, 6.07) is 14.3. The van der Waals surface area contributed by atoms with Gasteiger partial charge < -0.3 is 9.32 Å². The highest BCUT2D eigenvalue weighted by Gasteiger charge is 2.25. The van der Waals surface area contributed by atoms with Crippen LogP contribution in [0.25, 0.3) is 11.6 Å². The maximum atomic E-state index is 12.9. The van der Waals surface area contributed by atoms with Gasteiger partial charge in [0.25, 0.3) is 0 Å². The number of carbonyl (C=O) groups is 1. The average molecular weight is 425 g/mol. The van der Waals surface area contributed by atoms with Crippen LogP contribution in [0, 0.1) is 0 Å². The van der Waals surface area contributed by atoms with Crippen molar-refractivity contribution >= 4 is 17.7 Å². The zero-order valence-electron chi connectivity index (χ0n) is 17.4. The molecule has 2 heterocycles. The summed E-state index contributed by atoms with van der Waals surface area (Å²) in [5, 5.41) is 9.65. The number of rotatable bonds is 8. The lowest BCUT2D eigenvalue weighted by molar-refractivity contribution is -0.128. The van der Waals surface area contributed by atoms with E-state index in [0.717, 1.165) is 35.1 Å². The predicted molar refractivity (Wildman–Crippen MR) is 118 cm³/mol. The lowest BCUT2D eigenvalue weighted by Crippen LogP contribution is -2.31. The fourth-order valence-electron chi connectivity index (χ4n) is 4.02. The molecule has 0 unspecified atom stereocenters. The van der Waals surface area contributed by atoms with Crippen LogP contribution in [0.3, 0.4) is 0 Å². The van der Waals surface area contributed by atoms with Gasteiger partial charge in [-0.3, -0.25) is 9.36 Å². The molecule has 0 saturated heterocycles. The van der Waals surface area contributed by atoms with Crippen LogP contribution in [0.5, 0.6) is 0 Å². The standard InChI is InChI=1S/C23H28N4O2S/c1-2-26(16-18-10-5-3-6-11-18)21(28)17-30-23-25-24-22(20-14-9-15-29-20)27(23)19-12-7-4-8-13-19/h3,5-6,9-11,14-15,19H,2,4,7-8,12-13,16-17H2,1H3. The van der Waals surface area contributed by atoms with Gasteiger partial charge in [-0.1, -0.05) is 61.4 Å². The van der Waals surface area contributed by atoms with Gasteiger partial charge in [0.15, 0.2) is 10.9 Å². The maximum absolute atomic E-state index is 12.9. The zero-order chi connectivity index (χ0) is 20.8. The van der Waals surface area contributed by atoms with Gasteiger partial charge >= 0.3 is 0 Å². The quantitative estimate of drug-likeness (QED) is 0.466. The fraction of sp³-hybridized carbons (Fsp3) is 0.435. The first-order valence-electron chi connectivity index (χ1n) is 10.7. The number of amides is 1. The van der Waals surface area contributed by atoms with E-state index in [1.54, 1.807) is 6.26 Å². The molecule has 158 valence electrons. The third-order valence-electron chi connectivity index (χ3n) is 5.62. The van der Waals surface area contributed by atoms with Crippen molar-refractivity contribution in [3.63, 3.8) is 0 Å². The molecule has 7 heteroatoms. The van der Waals surface area contributed by atoms with Crippen molar-refractivity contribution in [2.24, 2.45) is 0 Å². The molecule has 3 aromatic rings. The van der Waals surface area contributed by atoms with E-state index in [0.29, 0.717) is 24.9 Å². The molecule has 6 nitrogen and oxygen atoms in total. The Bertz CT molecular complexity index is 934. The second kappa shape index (κ2) is 9.98. The number of nitrogens with zero attached hydrogens (tertiary/aromatic N) is 4. The van der Waals surface area contributed by atoms with Gasteiger partial charge in [0, 0.05) is 19.1 Å². The molecule has 0 spiro atoms. The molecule has 1 fully saturated rings. The summed E-state index contributed by atoms with van der Waals surface area (Å²) in [4.78, 5) is 14.8. The number of benzene rings is 1. The number of thioether (sulfide) groups is 1. The van der Waals surface area contributed by atoms with Crippen LogP contribution < -0.4 is 0 Å². The molecule has 2 aromatic heterocycles. The Morgan fingerprint density at radius 3 is 2.63 bits per heavy atom. The second-order valence-electron chi connectivity index (χ2n) is 7.63. The van der Waals surface area contributed by atoms with E-state index in [4.69, 9.17) is 4.42 Å². The molecular formula is C23H28N4O2S. The minimum atomic E-state index is 0.115. The zero-order valence-corrected chi connectivity index (χ0v) is 18.2. The molecule has 1 amide bonds.